The molecule has 4 rings (SSSR count). The molecule has 2 heterocycles. The maximum absolute atomic E-state index is 13.2. The van der Waals surface area contributed by atoms with Crippen LogP contribution in [-0.4, -0.2) is 48.2 Å². The van der Waals surface area contributed by atoms with Crippen LogP contribution in [0.4, 0.5) is 4.39 Å². The highest BCUT2D eigenvalue weighted by molar-refractivity contribution is 5.94. The largest absolute Gasteiger partial charge is 0.376 e. The van der Waals surface area contributed by atoms with Gasteiger partial charge in [-0.15, -0.1) is 0 Å². The molecule has 1 aliphatic heterocycles. The fourth-order valence-corrected chi connectivity index (χ4v) is 3.36. The lowest BCUT2D eigenvalue weighted by Crippen LogP contribution is -2.40. The molecule has 1 aromatic carbocycles. The van der Waals surface area contributed by atoms with Crippen molar-refractivity contribution < 1.29 is 18.7 Å². The van der Waals surface area contributed by atoms with E-state index in [2.05, 4.69) is 10.4 Å². The first kappa shape index (κ1) is 16.2. The monoisotopic (exact) mass is 345 g/mol. The molecule has 6 nitrogen and oxygen atoms in total. The van der Waals surface area contributed by atoms with Crippen LogP contribution < -0.4 is 5.32 Å². The first-order chi connectivity index (χ1) is 12.2. The summed E-state index contributed by atoms with van der Waals surface area (Å²) in [5.74, 6) is -0.492. The second-order valence-electron chi connectivity index (χ2n) is 6.29. The SMILES string of the molecule is O=C(NC[C@@H]1COCCO1)c1nn(-c2ccc(F)cc2)c2c1CCC2. The normalized spacial score (nSPS) is 19.6. The van der Waals surface area contributed by atoms with Crippen LogP contribution in [0.5, 0.6) is 0 Å². The summed E-state index contributed by atoms with van der Waals surface area (Å²) < 4.78 is 25.8. The summed E-state index contributed by atoms with van der Waals surface area (Å²) in [4.78, 5) is 12.6. The summed E-state index contributed by atoms with van der Waals surface area (Å²) >= 11 is 0. The van der Waals surface area contributed by atoms with Crippen LogP contribution in [-0.2, 0) is 22.3 Å². The number of aromatic nitrogens is 2. The number of nitrogens with one attached hydrogen (secondary N) is 1. The van der Waals surface area contributed by atoms with Gasteiger partial charge in [-0.2, -0.15) is 5.10 Å². The van der Waals surface area contributed by atoms with Gasteiger partial charge < -0.3 is 14.8 Å². The minimum atomic E-state index is -0.291. The molecular weight excluding hydrogens is 325 g/mol. The number of nitrogens with zero attached hydrogens (tertiary/aromatic N) is 2. The third kappa shape index (κ3) is 3.29. The van der Waals surface area contributed by atoms with Crippen molar-refractivity contribution in [3.05, 3.63) is 47.0 Å². The van der Waals surface area contributed by atoms with Gasteiger partial charge in [-0.1, -0.05) is 0 Å². The number of hydrogen-bond donors (Lipinski definition) is 1. The summed E-state index contributed by atoms with van der Waals surface area (Å²) in [5.41, 5.74) is 3.24. The standard InChI is InChI=1S/C18H20FN3O3/c19-12-4-6-13(7-5-12)22-16-3-1-2-15(16)17(21-22)18(23)20-10-14-11-24-8-9-25-14/h4-7,14H,1-3,8-11H2,(H,20,23)/t14-/m1/s1. The third-order valence-corrected chi connectivity index (χ3v) is 4.59. The van der Waals surface area contributed by atoms with Crippen LogP contribution in [0, 0.1) is 5.82 Å². The molecule has 1 fully saturated rings. The van der Waals surface area contributed by atoms with E-state index in [0.717, 1.165) is 36.2 Å². The van der Waals surface area contributed by atoms with E-state index in [1.165, 1.54) is 12.1 Å². The van der Waals surface area contributed by atoms with Gasteiger partial charge >= 0.3 is 0 Å². The molecule has 25 heavy (non-hydrogen) atoms. The zero-order valence-electron chi connectivity index (χ0n) is 13.8. The molecule has 2 aromatic rings. The first-order valence-electron chi connectivity index (χ1n) is 8.56. The molecule has 0 saturated carbocycles. The first-order valence-corrected chi connectivity index (χ1v) is 8.56. The number of carbonyl (C=O) groups is 1. The van der Waals surface area contributed by atoms with Gasteiger partial charge in [-0.3, -0.25) is 4.79 Å². The van der Waals surface area contributed by atoms with Crippen LogP contribution in [0.25, 0.3) is 5.69 Å². The van der Waals surface area contributed by atoms with E-state index in [-0.39, 0.29) is 17.8 Å². The zero-order chi connectivity index (χ0) is 17.2. The average Bonchev–Trinajstić information content (AvgIpc) is 3.24. The molecule has 1 atom stereocenters. The van der Waals surface area contributed by atoms with Crippen molar-refractivity contribution in [1.29, 1.82) is 0 Å². The van der Waals surface area contributed by atoms with Gasteiger partial charge in [0.25, 0.3) is 5.91 Å². The van der Waals surface area contributed by atoms with E-state index in [9.17, 15) is 9.18 Å². The molecule has 0 radical (unpaired) electrons. The number of ether oxygens (including phenoxy) is 2. The van der Waals surface area contributed by atoms with Crippen molar-refractivity contribution in [1.82, 2.24) is 15.1 Å². The molecule has 7 heteroatoms. The molecule has 0 unspecified atom stereocenters. The summed E-state index contributed by atoms with van der Waals surface area (Å²) in [6.07, 6.45) is 2.58. The summed E-state index contributed by atoms with van der Waals surface area (Å²) in [6, 6.07) is 6.16. The number of rotatable bonds is 4. The van der Waals surface area contributed by atoms with Gasteiger partial charge in [0.15, 0.2) is 5.69 Å². The van der Waals surface area contributed by atoms with E-state index in [1.54, 1.807) is 16.8 Å². The number of hydrogen-bond acceptors (Lipinski definition) is 4. The van der Waals surface area contributed by atoms with Gasteiger partial charge in [0.05, 0.1) is 31.6 Å². The summed E-state index contributed by atoms with van der Waals surface area (Å²) in [6.45, 7) is 2.04. The fourth-order valence-electron chi connectivity index (χ4n) is 3.36. The van der Waals surface area contributed by atoms with Crippen LogP contribution in [0.3, 0.4) is 0 Å². The Morgan fingerprint density at radius 3 is 2.88 bits per heavy atom. The molecule has 1 saturated heterocycles. The Bertz CT molecular complexity index is 767. The van der Waals surface area contributed by atoms with Crippen molar-refractivity contribution in [2.75, 3.05) is 26.4 Å². The van der Waals surface area contributed by atoms with Gasteiger partial charge in [0, 0.05) is 17.8 Å². The molecule has 132 valence electrons. The molecule has 1 amide bonds. The van der Waals surface area contributed by atoms with Crippen molar-refractivity contribution in [2.45, 2.75) is 25.4 Å². The Labute approximate surface area is 144 Å². The lowest BCUT2D eigenvalue weighted by atomic mass is 10.2. The van der Waals surface area contributed by atoms with E-state index >= 15 is 0 Å². The second kappa shape index (κ2) is 6.93. The summed E-state index contributed by atoms with van der Waals surface area (Å²) in [5, 5.41) is 7.40. The predicted molar refractivity (Wildman–Crippen MR) is 88.4 cm³/mol. The Kier molecular flexibility index (Phi) is 4.50. The molecule has 2 aliphatic rings. The van der Waals surface area contributed by atoms with Crippen LogP contribution in [0.15, 0.2) is 24.3 Å². The number of benzene rings is 1. The lowest BCUT2D eigenvalue weighted by Gasteiger charge is -2.22. The van der Waals surface area contributed by atoms with Crippen LogP contribution >= 0.6 is 0 Å². The van der Waals surface area contributed by atoms with Crippen LogP contribution in [0.1, 0.15) is 28.2 Å². The maximum atomic E-state index is 13.2. The number of amides is 1. The Hall–Kier alpha value is -2.25. The Morgan fingerprint density at radius 1 is 1.28 bits per heavy atom. The minimum absolute atomic E-state index is 0.120. The van der Waals surface area contributed by atoms with Crippen LogP contribution in [0.2, 0.25) is 0 Å². The minimum Gasteiger partial charge on any atom is -0.376 e. The van der Waals surface area contributed by atoms with Gasteiger partial charge in [-0.05, 0) is 43.5 Å². The molecule has 1 aliphatic carbocycles. The van der Waals surface area contributed by atoms with Gasteiger partial charge in [0.2, 0.25) is 0 Å². The lowest BCUT2D eigenvalue weighted by molar-refractivity contribution is -0.0855. The highest BCUT2D eigenvalue weighted by atomic mass is 19.1. The second-order valence-corrected chi connectivity index (χ2v) is 6.29. The summed E-state index contributed by atoms with van der Waals surface area (Å²) in [7, 11) is 0. The van der Waals surface area contributed by atoms with Gasteiger partial charge in [0.1, 0.15) is 5.82 Å². The number of halogens is 1. The van der Waals surface area contributed by atoms with E-state index in [1.807, 2.05) is 0 Å². The molecule has 1 N–H and O–H groups in total. The van der Waals surface area contributed by atoms with E-state index < -0.39 is 0 Å². The molecular formula is C18H20FN3O3. The Morgan fingerprint density at radius 2 is 2.12 bits per heavy atom. The predicted octanol–water partition coefficient (Wildman–Crippen LogP) is 1.65. The molecule has 0 bridgehead atoms. The van der Waals surface area contributed by atoms with E-state index in [0.29, 0.717) is 32.1 Å². The maximum Gasteiger partial charge on any atom is 0.272 e. The van der Waals surface area contributed by atoms with Crippen molar-refractivity contribution in [3.63, 3.8) is 0 Å². The highest BCUT2D eigenvalue weighted by Gasteiger charge is 2.27. The highest BCUT2D eigenvalue weighted by Crippen LogP contribution is 2.27. The van der Waals surface area contributed by atoms with E-state index in [4.69, 9.17) is 9.47 Å². The zero-order valence-corrected chi connectivity index (χ0v) is 13.8. The van der Waals surface area contributed by atoms with Gasteiger partial charge in [-0.25, -0.2) is 9.07 Å². The van der Waals surface area contributed by atoms with Crippen molar-refractivity contribution in [2.24, 2.45) is 0 Å². The molecule has 0 spiro atoms. The smallest absolute Gasteiger partial charge is 0.272 e. The number of fused-ring (bicyclic) bond motifs is 1. The van der Waals surface area contributed by atoms with Crippen molar-refractivity contribution >= 4 is 5.91 Å². The number of carbonyl (C=O) groups excluding carboxylic acids is 1. The molecule has 1 aromatic heterocycles. The fraction of sp³-hybridized carbons (Fsp3) is 0.444. The Balaban J connectivity index is 1.54. The third-order valence-electron chi connectivity index (χ3n) is 4.59. The topological polar surface area (TPSA) is 65.4 Å². The average molecular weight is 345 g/mol. The van der Waals surface area contributed by atoms with Crippen molar-refractivity contribution in [3.8, 4) is 5.69 Å². The quantitative estimate of drug-likeness (QED) is 0.915.